The van der Waals surface area contributed by atoms with E-state index in [1.54, 1.807) is 0 Å². The number of benzene rings is 1. The van der Waals surface area contributed by atoms with E-state index in [0.29, 0.717) is 24.2 Å². The van der Waals surface area contributed by atoms with E-state index in [1.807, 2.05) is 31.3 Å². The summed E-state index contributed by atoms with van der Waals surface area (Å²) < 4.78 is 0. The maximum absolute atomic E-state index is 12.0. The van der Waals surface area contributed by atoms with E-state index in [2.05, 4.69) is 15.5 Å². The predicted octanol–water partition coefficient (Wildman–Crippen LogP) is 2.03. The molecule has 1 heterocycles. The van der Waals surface area contributed by atoms with E-state index in [1.165, 1.54) is 19.3 Å². The fourth-order valence-corrected chi connectivity index (χ4v) is 2.86. The Kier molecular flexibility index (Phi) is 6.49. The van der Waals surface area contributed by atoms with Gasteiger partial charge in [-0.3, -0.25) is 9.69 Å². The Balaban J connectivity index is 1.70. The summed E-state index contributed by atoms with van der Waals surface area (Å²) >= 11 is 6.07. The SMILES string of the molecule is CN(CC(=O)NCc1ccccc1Cl)CC1CCCCN1. The van der Waals surface area contributed by atoms with Crippen molar-refractivity contribution in [2.75, 3.05) is 26.7 Å². The maximum Gasteiger partial charge on any atom is 0.234 e. The molecule has 21 heavy (non-hydrogen) atoms. The van der Waals surface area contributed by atoms with Crippen LogP contribution in [0.3, 0.4) is 0 Å². The van der Waals surface area contributed by atoms with Crippen LogP contribution in [0.25, 0.3) is 0 Å². The fraction of sp³-hybridized carbons (Fsp3) is 0.562. The first kappa shape index (κ1) is 16.3. The third-order valence-corrected chi connectivity index (χ3v) is 4.16. The topological polar surface area (TPSA) is 44.4 Å². The molecule has 4 nitrogen and oxygen atoms in total. The molecule has 1 amide bonds. The number of carbonyl (C=O) groups excluding carboxylic acids is 1. The van der Waals surface area contributed by atoms with Crippen LogP contribution in [-0.4, -0.2) is 43.5 Å². The van der Waals surface area contributed by atoms with Crippen LogP contribution < -0.4 is 10.6 Å². The minimum atomic E-state index is 0.0354. The summed E-state index contributed by atoms with van der Waals surface area (Å²) in [6, 6.07) is 8.09. The lowest BCUT2D eigenvalue weighted by molar-refractivity contribution is -0.122. The van der Waals surface area contributed by atoms with Crippen LogP contribution in [0.2, 0.25) is 5.02 Å². The van der Waals surface area contributed by atoms with Crippen molar-refractivity contribution in [1.82, 2.24) is 15.5 Å². The number of hydrogen-bond donors (Lipinski definition) is 2. The molecule has 0 bridgehead atoms. The molecule has 0 radical (unpaired) electrons. The highest BCUT2D eigenvalue weighted by atomic mass is 35.5. The first-order valence-corrected chi connectivity index (χ1v) is 7.95. The summed E-state index contributed by atoms with van der Waals surface area (Å²) in [6.45, 7) is 2.91. The summed E-state index contributed by atoms with van der Waals surface area (Å²) in [7, 11) is 1.99. The summed E-state index contributed by atoms with van der Waals surface area (Å²) in [5.74, 6) is 0.0354. The summed E-state index contributed by atoms with van der Waals surface area (Å²) in [5.41, 5.74) is 0.948. The van der Waals surface area contributed by atoms with Crippen molar-refractivity contribution in [1.29, 1.82) is 0 Å². The van der Waals surface area contributed by atoms with Gasteiger partial charge >= 0.3 is 0 Å². The van der Waals surface area contributed by atoms with Crippen molar-refractivity contribution in [2.24, 2.45) is 0 Å². The second-order valence-corrected chi connectivity index (χ2v) is 6.12. The van der Waals surface area contributed by atoms with Crippen LogP contribution in [0.15, 0.2) is 24.3 Å². The highest BCUT2D eigenvalue weighted by Crippen LogP contribution is 2.14. The van der Waals surface area contributed by atoms with E-state index in [4.69, 9.17) is 11.6 Å². The van der Waals surface area contributed by atoms with Crippen LogP contribution >= 0.6 is 11.6 Å². The molecule has 1 saturated heterocycles. The second kappa shape index (κ2) is 8.37. The Hall–Kier alpha value is -1.10. The third kappa shape index (κ3) is 5.65. The molecule has 2 rings (SSSR count). The van der Waals surface area contributed by atoms with Gasteiger partial charge in [0, 0.05) is 24.2 Å². The van der Waals surface area contributed by atoms with Gasteiger partial charge in [-0.05, 0) is 38.1 Å². The van der Waals surface area contributed by atoms with Gasteiger partial charge in [-0.1, -0.05) is 36.2 Å². The normalized spacial score (nSPS) is 18.7. The molecule has 5 heteroatoms. The fourth-order valence-electron chi connectivity index (χ4n) is 2.66. The number of nitrogens with zero attached hydrogens (tertiary/aromatic N) is 1. The first-order valence-electron chi connectivity index (χ1n) is 7.57. The molecule has 0 aliphatic carbocycles. The number of hydrogen-bond acceptors (Lipinski definition) is 3. The summed E-state index contributed by atoms with van der Waals surface area (Å²) in [4.78, 5) is 14.0. The number of carbonyl (C=O) groups is 1. The molecule has 1 fully saturated rings. The lowest BCUT2D eigenvalue weighted by atomic mass is 10.0. The van der Waals surface area contributed by atoms with Gasteiger partial charge in [-0.15, -0.1) is 0 Å². The molecule has 1 aromatic carbocycles. The number of nitrogens with one attached hydrogen (secondary N) is 2. The zero-order valence-electron chi connectivity index (χ0n) is 12.6. The first-order chi connectivity index (χ1) is 10.1. The Labute approximate surface area is 131 Å². The zero-order chi connectivity index (χ0) is 15.1. The molecule has 116 valence electrons. The number of rotatable bonds is 6. The van der Waals surface area contributed by atoms with Gasteiger partial charge in [0.05, 0.1) is 6.54 Å². The monoisotopic (exact) mass is 309 g/mol. The molecule has 0 aromatic heterocycles. The Bertz CT molecular complexity index is 461. The standard InChI is InChI=1S/C16H24ClN3O/c1-20(11-14-7-4-5-9-18-14)12-16(21)19-10-13-6-2-3-8-15(13)17/h2-3,6,8,14,18H,4-5,7,9-12H2,1H3,(H,19,21). The number of halogens is 1. The Morgan fingerprint density at radius 1 is 1.43 bits per heavy atom. The van der Waals surface area contributed by atoms with Gasteiger partial charge in [0.25, 0.3) is 0 Å². The van der Waals surface area contributed by atoms with Crippen molar-refractivity contribution in [3.05, 3.63) is 34.9 Å². The van der Waals surface area contributed by atoms with Gasteiger partial charge < -0.3 is 10.6 Å². The maximum atomic E-state index is 12.0. The molecule has 1 aromatic rings. The molecule has 1 unspecified atom stereocenters. The number of amides is 1. The van der Waals surface area contributed by atoms with Crippen molar-refractivity contribution >= 4 is 17.5 Å². The highest BCUT2D eigenvalue weighted by Gasteiger charge is 2.16. The van der Waals surface area contributed by atoms with Crippen molar-refractivity contribution in [3.8, 4) is 0 Å². The Morgan fingerprint density at radius 2 is 2.24 bits per heavy atom. The molecule has 0 saturated carbocycles. The number of likely N-dealkylation sites (N-methyl/N-ethyl adjacent to an activating group) is 1. The van der Waals surface area contributed by atoms with Crippen molar-refractivity contribution in [2.45, 2.75) is 31.8 Å². The lowest BCUT2D eigenvalue weighted by Crippen LogP contribution is -2.45. The van der Waals surface area contributed by atoms with E-state index < -0.39 is 0 Å². The summed E-state index contributed by atoms with van der Waals surface area (Å²) in [6.07, 6.45) is 3.74. The number of piperidine rings is 1. The van der Waals surface area contributed by atoms with E-state index in [0.717, 1.165) is 18.7 Å². The van der Waals surface area contributed by atoms with E-state index >= 15 is 0 Å². The third-order valence-electron chi connectivity index (χ3n) is 3.79. The minimum Gasteiger partial charge on any atom is -0.351 e. The van der Waals surface area contributed by atoms with Crippen LogP contribution in [0.1, 0.15) is 24.8 Å². The van der Waals surface area contributed by atoms with Crippen molar-refractivity contribution < 1.29 is 4.79 Å². The van der Waals surface area contributed by atoms with Crippen LogP contribution in [-0.2, 0) is 11.3 Å². The molecule has 1 aliphatic rings. The van der Waals surface area contributed by atoms with Crippen molar-refractivity contribution in [3.63, 3.8) is 0 Å². The van der Waals surface area contributed by atoms with Gasteiger partial charge in [0.1, 0.15) is 0 Å². The van der Waals surface area contributed by atoms with Gasteiger partial charge in [-0.25, -0.2) is 0 Å². The lowest BCUT2D eigenvalue weighted by Gasteiger charge is -2.27. The summed E-state index contributed by atoms with van der Waals surface area (Å²) in [5, 5.41) is 7.11. The predicted molar refractivity (Wildman–Crippen MR) is 86.4 cm³/mol. The molecule has 1 aliphatic heterocycles. The second-order valence-electron chi connectivity index (χ2n) is 5.71. The smallest absolute Gasteiger partial charge is 0.234 e. The molecule has 1 atom stereocenters. The molecular weight excluding hydrogens is 286 g/mol. The minimum absolute atomic E-state index is 0.0354. The molecule has 2 N–H and O–H groups in total. The van der Waals surface area contributed by atoms with Gasteiger partial charge in [-0.2, -0.15) is 0 Å². The van der Waals surface area contributed by atoms with E-state index in [-0.39, 0.29) is 5.91 Å². The molecular formula is C16H24ClN3O. The van der Waals surface area contributed by atoms with Gasteiger partial charge in [0.2, 0.25) is 5.91 Å². The van der Waals surface area contributed by atoms with Crippen LogP contribution in [0.4, 0.5) is 0 Å². The van der Waals surface area contributed by atoms with Crippen LogP contribution in [0.5, 0.6) is 0 Å². The van der Waals surface area contributed by atoms with Crippen LogP contribution in [0, 0.1) is 0 Å². The van der Waals surface area contributed by atoms with E-state index in [9.17, 15) is 4.79 Å². The Morgan fingerprint density at radius 3 is 2.95 bits per heavy atom. The largest absolute Gasteiger partial charge is 0.351 e. The molecule has 0 spiro atoms. The highest BCUT2D eigenvalue weighted by molar-refractivity contribution is 6.31. The average molecular weight is 310 g/mol. The average Bonchev–Trinajstić information content (AvgIpc) is 2.47. The van der Waals surface area contributed by atoms with Gasteiger partial charge in [0.15, 0.2) is 0 Å². The zero-order valence-corrected chi connectivity index (χ0v) is 13.3. The quantitative estimate of drug-likeness (QED) is 0.845.